The van der Waals surface area contributed by atoms with Crippen LogP contribution in [-0.4, -0.2) is 25.6 Å². The molecule has 0 radical (unpaired) electrons. The third-order valence-corrected chi connectivity index (χ3v) is 7.75. The Morgan fingerprint density at radius 2 is 1.73 bits per heavy atom. The fraction of sp³-hybridized carbons (Fsp3) is 0.0385. The van der Waals surface area contributed by atoms with Crippen molar-refractivity contribution in [3.05, 3.63) is 117 Å². The minimum Gasteiger partial charge on any atom is -0.323 e. The number of anilines is 1. The van der Waals surface area contributed by atoms with Crippen LogP contribution in [0.2, 0.25) is 5.02 Å². The van der Waals surface area contributed by atoms with Crippen LogP contribution in [0.1, 0.15) is 10.8 Å². The summed E-state index contributed by atoms with van der Waals surface area (Å²) in [5, 5.41) is 24.7. The first-order chi connectivity index (χ1) is 18.0. The number of nitro benzene ring substituents is 1. The highest BCUT2D eigenvalue weighted by Crippen LogP contribution is 2.39. The molecule has 0 saturated heterocycles. The molecule has 2 aromatic heterocycles. The molecule has 0 saturated carbocycles. The lowest BCUT2D eigenvalue weighted by molar-refractivity contribution is -0.384. The minimum atomic E-state index is -0.713. The van der Waals surface area contributed by atoms with Crippen molar-refractivity contribution in [2.75, 3.05) is 5.32 Å². The van der Waals surface area contributed by atoms with Crippen molar-refractivity contribution in [3.63, 3.8) is 0 Å². The molecular formula is C26H18ClN5O3S2. The molecule has 184 valence electrons. The average Bonchev–Trinajstić information content (AvgIpc) is 3.59. The van der Waals surface area contributed by atoms with Crippen LogP contribution in [0.25, 0.3) is 16.4 Å². The zero-order chi connectivity index (χ0) is 25.8. The van der Waals surface area contributed by atoms with E-state index in [1.54, 1.807) is 11.3 Å². The van der Waals surface area contributed by atoms with Crippen LogP contribution in [0.4, 0.5) is 11.4 Å². The largest absolute Gasteiger partial charge is 0.323 e. The Morgan fingerprint density at radius 3 is 2.38 bits per heavy atom. The monoisotopic (exact) mass is 547 g/mol. The van der Waals surface area contributed by atoms with Gasteiger partial charge in [-0.25, -0.2) is 0 Å². The molecule has 11 heteroatoms. The van der Waals surface area contributed by atoms with Gasteiger partial charge in [0.05, 0.1) is 20.5 Å². The first-order valence-corrected chi connectivity index (χ1v) is 13.2. The summed E-state index contributed by atoms with van der Waals surface area (Å²) in [6, 6.07) is 26.9. The van der Waals surface area contributed by atoms with Gasteiger partial charge in [0, 0.05) is 17.8 Å². The van der Waals surface area contributed by atoms with Gasteiger partial charge in [-0.05, 0) is 35.2 Å². The molecule has 5 rings (SSSR count). The lowest BCUT2D eigenvalue weighted by Crippen LogP contribution is -2.20. The summed E-state index contributed by atoms with van der Waals surface area (Å²) in [5.41, 5.74) is 1.74. The highest BCUT2D eigenvalue weighted by atomic mass is 35.5. The van der Waals surface area contributed by atoms with E-state index in [0.29, 0.717) is 11.0 Å². The van der Waals surface area contributed by atoms with Crippen LogP contribution >= 0.6 is 34.7 Å². The van der Waals surface area contributed by atoms with Crippen LogP contribution < -0.4 is 5.32 Å². The fourth-order valence-corrected chi connectivity index (χ4v) is 5.62. The van der Waals surface area contributed by atoms with Crippen LogP contribution in [-0.2, 0) is 4.79 Å². The Kier molecular flexibility index (Phi) is 7.31. The topological polar surface area (TPSA) is 103 Å². The molecular weight excluding hydrogens is 530 g/mol. The quantitative estimate of drug-likeness (QED) is 0.127. The summed E-state index contributed by atoms with van der Waals surface area (Å²) in [4.78, 5) is 25.1. The zero-order valence-electron chi connectivity index (χ0n) is 19.0. The molecule has 5 aromatic rings. The molecule has 8 nitrogen and oxygen atoms in total. The molecule has 0 bridgehead atoms. The lowest BCUT2D eigenvalue weighted by Gasteiger charge is -2.18. The van der Waals surface area contributed by atoms with Gasteiger partial charge in [0.1, 0.15) is 5.25 Å². The van der Waals surface area contributed by atoms with Crippen molar-refractivity contribution in [2.24, 2.45) is 0 Å². The van der Waals surface area contributed by atoms with Crippen molar-refractivity contribution in [1.82, 2.24) is 14.8 Å². The predicted molar refractivity (Wildman–Crippen MR) is 146 cm³/mol. The van der Waals surface area contributed by atoms with E-state index < -0.39 is 10.2 Å². The summed E-state index contributed by atoms with van der Waals surface area (Å²) in [6.07, 6.45) is 0. The number of hydrogen-bond donors (Lipinski definition) is 1. The van der Waals surface area contributed by atoms with E-state index in [9.17, 15) is 14.9 Å². The van der Waals surface area contributed by atoms with Gasteiger partial charge in [-0.3, -0.25) is 19.5 Å². The summed E-state index contributed by atoms with van der Waals surface area (Å²) < 4.78 is 1.93. The normalized spacial score (nSPS) is 11.7. The Balaban J connectivity index is 1.53. The van der Waals surface area contributed by atoms with Gasteiger partial charge in [0.2, 0.25) is 5.91 Å². The molecule has 0 spiro atoms. The van der Waals surface area contributed by atoms with Gasteiger partial charge in [-0.15, -0.1) is 21.5 Å². The van der Waals surface area contributed by atoms with Gasteiger partial charge < -0.3 is 5.32 Å². The summed E-state index contributed by atoms with van der Waals surface area (Å²) >= 11 is 9.05. The van der Waals surface area contributed by atoms with Crippen LogP contribution in [0.3, 0.4) is 0 Å². The average molecular weight is 548 g/mol. The zero-order valence-corrected chi connectivity index (χ0v) is 21.4. The number of halogens is 1. The number of nitro groups is 1. The molecule has 0 fully saturated rings. The minimum absolute atomic E-state index is 0.0757. The number of aromatic nitrogens is 3. The number of thiophene rings is 1. The lowest BCUT2D eigenvalue weighted by atomic mass is 10.1. The second-order valence-electron chi connectivity index (χ2n) is 7.77. The molecule has 37 heavy (non-hydrogen) atoms. The van der Waals surface area contributed by atoms with Gasteiger partial charge in [0.15, 0.2) is 11.0 Å². The van der Waals surface area contributed by atoms with E-state index in [1.165, 1.54) is 30.0 Å². The van der Waals surface area contributed by atoms with Crippen molar-refractivity contribution in [1.29, 1.82) is 0 Å². The third kappa shape index (κ3) is 5.41. The summed E-state index contributed by atoms with van der Waals surface area (Å²) in [5.74, 6) is 0.321. The van der Waals surface area contributed by atoms with E-state index in [1.807, 2.05) is 82.7 Å². The first kappa shape index (κ1) is 24.7. The molecule has 0 aliphatic carbocycles. The van der Waals surface area contributed by atoms with Crippen molar-refractivity contribution >= 4 is 52.0 Å². The SMILES string of the molecule is O=C(Nc1ccc([N+](=O)[O-])cc1Cl)[C@@H](Sc1nnc(-c2cccs2)n1-c1ccccc1)c1ccccc1. The van der Waals surface area contributed by atoms with Gasteiger partial charge in [-0.1, -0.05) is 78.0 Å². The standard InChI is InChI=1S/C26H18ClN5O3S2/c27-20-16-19(32(34)35)13-14-21(20)28-25(33)23(17-8-3-1-4-9-17)37-26-30-29-24(22-12-7-15-36-22)31(26)18-10-5-2-6-11-18/h1-16,23H,(H,28,33)/t23-/m0/s1. The second kappa shape index (κ2) is 11.0. The fourth-order valence-electron chi connectivity index (χ4n) is 3.64. The molecule has 1 atom stereocenters. The van der Waals surface area contributed by atoms with E-state index in [0.717, 1.165) is 16.1 Å². The van der Waals surface area contributed by atoms with E-state index in [-0.39, 0.29) is 22.3 Å². The van der Waals surface area contributed by atoms with Gasteiger partial charge >= 0.3 is 0 Å². The number of para-hydroxylation sites is 1. The molecule has 0 aliphatic heterocycles. The maximum Gasteiger partial charge on any atom is 0.271 e. The summed E-state index contributed by atoms with van der Waals surface area (Å²) in [6.45, 7) is 0. The van der Waals surface area contributed by atoms with E-state index >= 15 is 0 Å². The maximum absolute atomic E-state index is 13.6. The molecule has 1 amide bonds. The molecule has 0 unspecified atom stereocenters. The van der Waals surface area contributed by atoms with E-state index in [2.05, 4.69) is 15.5 Å². The number of nitrogens with zero attached hydrogens (tertiary/aromatic N) is 4. The molecule has 0 aliphatic rings. The van der Waals surface area contributed by atoms with Crippen molar-refractivity contribution in [3.8, 4) is 16.4 Å². The number of rotatable bonds is 8. The van der Waals surface area contributed by atoms with Gasteiger partial charge in [0.25, 0.3) is 5.69 Å². The number of benzene rings is 3. The number of nitrogens with one attached hydrogen (secondary N) is 1. The number of thioether (sulfide) groups is 1. The van der Waals surface area contributed by atoms with Crippen LogP contribution in [0, 0.1) is 10.1 Å². The third-order valence-electron chi connectivity index (χ3n) is 5.37. The molecule has 3 aromatic carbocycles. The summed E-state index contributed by atoms with van der Waals surface area (Å²) in [7, 11) is 0. The molecule has 1 N–H and O–H groups in total. The van der Waals surface area contributed by atoms with Crippen molar-refractivity contribution in [2.45, 2.75) is 10.4 Å². The number of amides is 1. The molecule has 2 heterocycles. The number of carbonyl (C=O) groups is 1. The first-order valence-electron chi connectivity index (χ1n) is 11.0. The maximum atomic E-state index is 13.6. The van der Waals surface area contributed by atoms with E-state index in [4.69, 9.17) is 11.6 Å². The van der Waals surface area contributed by atoms with Crippen molar-refractivity contribution < 1.29 is 9.72 Å². The van der Waals surface area contributed by atoms with Crippen LogP contribution in [0.5, 0.6) is 0 Å². The highest BCUT2D eigenvalue weighted by molar-refractivity contribution is 8.00. The Morgan fingerprint density at radius 1 is 1.00 bits per heavy atom. The number of carbonyl (C=O) groups excluding carboxylic acids is 1. The predicted octanol–water partition coefficient (Wildman–Crippen LogP) is 7.03. The van der Waals surface area contributed by atoms with Crippen LogP contribution in [0.15, 0.2) is 102 Å². The number of hydrogen-bond acceptors (Lipinski definition) is 7. The number of non-ortho nitro benzene ring substituents is 1. The smallest absolute Gasteiger partial charge is 0.271 e. The highest BCUT2D eigenvalue weighted by Gasteiger charge is 2.27. The second-order valence-corrected chi connectivity index (χ2v) is 10.2. The Hall–Kier alpha value is -3.99. The van der Waals surface area contributed by atoms with Gasteiger partial charge in [-0.2, -0.15) is 0 Å². The Bertz CT molecular complexity index is 1540. The Labute approximate surface area is 225 Å².